The van der Waals surface area contributed by atoms with Gasteiger partial charge in [-0.25, -0.2) is 0 Å². The molecule has 17 heavy (non-hydrogen) atoms. The van der Waals surface area contributed by atoms with E-state index in [-0.39, 0.29) is 0 Å². The summed E-state index contributed by atoms with van der Waals surface area (Å²) in [4.78, 5) is 6.83. The molecule has 0 radical (unpaired) electrons. The van der Waals surface area contributed by atoms with Crippen LogP contribution in [-0.2, 0) is 0 Å². The molecule has 1 aromatic heterocycles. The Morgan fingerprint density at radius 2 is 2.29 bits per heavy atom. The Bertz CT molecular complexity index is 524. The van der Waals surface area contributed by atoms with Gasteiger partial charge in [0.1, 0.15) is 0 Å². The topological polar surface area (TPSA) is 28.2 Å². The smallest absolute Gasteiger partial charge is 0.0705 e. The van der Waals surface area contributed by atoms with Gasteiger partial charge in [-0.15, -0.1) is 0 Å². The van der Waals surface area contributed by atoms with Gasteiger partial charge in [0.05, 0.1) is 5.52 Å². The van der Waals surface area contributed by atoms with Crippen LogP contribution in [0.3, 0.4) is 0 Å². The molecule has 3 rings (SSSR count). The third-order valence-corrected chi connectivity index (χ3v) is 3.53. The Hall–Kier alpha value is -1.45. The van der Waals surface area contributed by atoms with E-state index in [2.05, 4.69) is 46.5 Å². The number of piperazine rings is 1. The van der Waals surface area contributed by atoms with Crippen molar-refractivity contribution >= 4 is 10.9 Å². The number of fused-ring (bicyclic) bond motifs is 1. The van der Waals surface area contributed by atoms with Crippen LogP contribution in [0.15, 0.2) is 36.5 Å². The van der Waals surface area contributed by atoms with E-state index in [4.69, 9.17) is 0 Å². The molecule has 0 saturated carbocycles. The molecule has 0 spiro atoms. The van der Waals surface area contributed by atoms with Crippen molar-refractivity contribution in [3.63, 3.8) is 0 Å². The predicted octanol–water partition coefficient (Wildman–Crippen LogP) is 1.81. The minimum Gasteiger partial charge on any atom is -0.314 e. The Morgan fingerprint density at radius 3 is 3.18 bits per heavy atom. The standard InChI is InChI=1S/C14H17N3/c1-17-8-7-15-10-14(17)12-5-4-11-3-2-6-16-13(11)9-12/h2-6,9,14-15H,7-8,10H2,1H3. The highest BCUT2D eigenvalue weighted by Gasteiger charge is 2.20. The molecule has 2 aromatic rings. The molecule has 0 bridgehead atoms. The van der Waals surface area contributed by atoms with Crippen LogP contribution in [0, 0.1) is 0 Å². The summed E-state index contributed by atoms with van der Waals surface area (Å²) in [7, 11) is 2.19. The Morgan fingerprint density at radius 1 is 1.35 bits per heavy atom. The van der Waals surface area contributed by atoms with E-state index in [1.807, 2.05) is 12.3 Å². The predicted molar refractivity (Wildman–Crippen MR) is 70.0 cm³/mol. The number of nitrogens with one attached hydrogen (secondary N) is 1. The van der Waals surface area contributed by atoms with E-state index in [1.54, 1.807) is 0 Å². The van der Waals surface area contributed by atoms with Crippen molar-refractivity contribution in [3.8, 4) is 0 Å². The van der Waals surface area contributed by atoms with Gasteiger partial charge in [0, 0.05) is 37.3 Å². The molecule has 0 aliphatic carbocycles. The van der Waals surface area contributed by atoms with Crippen LogP contribution in [0.25, 0.3) is 10.9 Å². The molecule has 1 saturated heterocycles. The fourth-order valence-electron chi connectivity index (χ4n) is 2.47. The summed E-state index contributed by atoms with van der Waals surface area (Å²) in [6, 6.07) is 11.2. The largest absolute Gasteiger partial charge is 0.314 e. The summed E-state index contributed by atoms with van der Waals surface area (Å²) in [5.74, 6) is 0. The summed E-state index contributed by atoms with van der Waals surface area (Å²) in [6.07, 6.45) is 1.86. The van der Waals surface area contributed by atoms with Crippen LogP contribution < -0.4 is 5.32 Å². The van der Waals surface area contributed by atoms with Crippen LogP contribution in [0.5, 0.6) is 0 Å². The van der Waals surface area contributed by atoms with E-state index in [0.29, 0.717) is 6.04 Å². The van der Waals surface area contributed by atoms with E-state index < -0.39 is 0 Å². The van der Waals surface area contributed by atoms with Gasteiger partial charge in [0.2, 0.25) is 0 Å². The van der Waals surface area contributed by atoms with Gasteiger partial charge < -0.3 is 5.32 Å². The summed E-state index contributed by atoms with van der Waals surface area (Å²) >= 11 is 0. The van der Waals surface area contributed by atoms with Gasteiger partial charge in [-0.05, 0) is 24.7 Å². The average molecular weight is 227 g/mol. The second-order valence-electron chi connectivity index (χ2n) is 4.66. The van der Waals surface area contributed by atoms with E-state index in [1.165, 1.54) is 10.9 Å². The van der Waals surface area contributed by atoms with Gasteiger partial charge in [-0.3, -0.25) is 9.88 Å². The van der Waals surface area contributed by atoms with Crippen molar-refractivity contribution in [2.45, 2.75) is 6.04 Å². The zero-order valence-corrected chi connectivity index (χ0v) is 10.1. The summed E-state index contributed by atoms with van der Waals surface area (Å²) in [6.45, 7) is 3.21. The van der Waals surface area contributed by atoms with Gasteiger partial charge in [-0.1, -0.05) is 18.2 Å². The summed E-state index contributed by atoms with van der Waals surface area (Å²) in [5.41, 5.74) is 2.44. The number of likely N-dealkylation sites (N-methyl/N-ethyl adjacent to an activating group) is 1. The lowest BCUT2D eigenvalue weighted by Gasteiger charge is -2.33. The summed E-state index contributed by atoms with van der Waals surface area (Å²) < 4.78 is 0. The van der Waals surface area contributed by atoms with Crippen molar-refractivity contribution in [3.05, 3.63) is 42.1 Å². The van der Waals surface area contributed by atoms with Gasteiger partial charge in [0.15, 0.2) is 0 Å². The molecule has 0 amide bonds. The lowest BCUT2D eigenvalue weighted by Crippen LogP contribution is -2.43. The molecular weight excluding hydrogens is 210 g/mol. The van der Waals surface area contributed by atoms with Crippen molar-refractivity contribution in [1.29, 1.82) is 0 Å². The van der Waals surface area contributed by atoms with Gasteiger partial charge in [0.25, 0.3) is 0 Å². The number of pyridine rings is 1. The molecule has 3 nitrogen and oxygen atoms in total. The molecule has 3 heteroatoms. The quantitative estimate of drug-likeness (QED) is 0.805. The number of hydrogen-bond donors (Lipinski definition) is 1. The number of nitrogens with zero attached hydrogens (tertiary/aromatic N) is 2. The molecule has 1 atom stereocenters. The average Bonchev–Trinajstić information content (AvgIpc) is 2.39. The van der Waals surface area contributed by atoms with E-state index in [0.717, 1.165) is 25.2 Å². The highest BCUT2D eigenvalue weighted by molar-refractivity contribution is 5.79. The molecule has 88 valence electrons. The first-order chi connectivity index (χ1) is 8.34. The molecule has 1 aromatic carbocycles. The third kappa shape index (κ3) is 2.04. The zero-order chi connectivity index (χ0) is 11.7. The van der Waals surface area contributed by atoms with Gasteiger partial charge >= 0.3 is 0 Å². The first kappa shape index (κ1) is 10.7. The Balaban J connectivity index is 1.99. The van der Waals surface area contributed by atoms with Crippen molar-refractivity contribution in [2.24, 2.45) is 0 Å². The van der Waals surface area contributed by atoms with Crippen molar-refractivity contribution in [2.75, 3.05) is 26.7 Å². The second-order valence-corrected chi connectivity index (χ2v) is 4.66. The number of benzene rings is 1. The highest BCUT2D eigenvalue weighted by atomic mass is 15.2. The number of rotatable bonds is 1. The molecule has 2 heterocycles. The highest BCUT2D eigenvalue weighted by Crippen LogP contribution is 2.23. The molecule has 1 N–H and O–H groups in total. The van der Waals surface area contributed by atoms with Crippen molar-refractivity contribution in [1.82, 2.24) is 15.2 Å². The van der Waals surface area contributed by atoms with Crippen LogP contribution in [0.2, 0.25) is 0 Å². The number of hydrogen-bond acceptors (Lipinski definition) is 3. The van der Waals surface area contributed by atoms with Gasteiger partial charge in [-0.2, -0.15) is 0 Å². The second kappa shape index (κ2) is 4.43. The fourth-order valence-corrected chi connectivity index (χ4v) is 2.47. The maximum Gasteiger partial charge on any atom is 0.0705 e. The summed E-state index contributed by atoms with van der Waals surface area (Å²) in [5, 5.41) is 4.66. The van der Waals surface area contributed by atoms with Crippen LogP contribution >= 0.6 is 0 Å². The Kier molecular flexibility index (Phi) is 2.79. The van der Waals surface area contributed by atoms with Crippen LogP contribution in [0.4, 0.5) is 0 Å². The molecule has 1 unspecified atom stereocenters. The molecule has 1 aliphatic heterocycles. The van der Waals surface area contributed by atoms with E-state index >= 15 is 0 Å². The lowest BCUT2D eigenvalue weighted by molar-refractivity contribution is 0.202. The maximum atomic E-state index is 4.42. The molecule has 1 fully saturated rings. The number of aromatic nitrogens is 1. The first-order valence-electron chi connectivity index (χ1n) is 6.10. The first-order valence-corrected chi connectivity index (χ1v) is 6.10. The minimum absolute atomic E-state index is 0.468. The lowest BCUT2D eigenvalue weighted by atomic mass is 10.0. The monoisotopic (exact) mass is 227 g/mol. The molecule has 1 aliphatic rings. The van der Waals surface area contributed by atoms with Crippen LogP contribution in [-0.4, -0.2) is 36.6 Å². The fraction of sp³-hybridized carbons (Fsp3) is 0.357. The third-order valence-electron chi connectivity index (χ3n) is 3.53. The SMILES string of the molecule is CN1CCNCC1c1ccc2cccnc2c1. The van der Waals surface area contributed by atoms with E-state index in [9.17, 15) is 0 Å². The minimum atomic E-state index is 0.468. The maximum absolute atomic E-state index is 4.42. The van der Waals surface area contributed by atoms with Crippen LogP contribution in [0.1, 0.15) is 11.6 Å². The Labute approximate surface area is 101 Å². The molecular formula is C14H17N3. The zero-order valence-electron chi connectivity index (χ0n) is 10.1. The normalized spacial score (nSPS) is 21.8. The van der Waals surface area contributed by atoms with Crippen molar-refractivity contribution < 1.29 is 0 Å².